The Balaban J connectivity index is 1.74. The monoisotopic (exact) mass is 298 g/mol. The van der Waals surface area contributed by atoms with E-state index in [4.69, 9.17) is 0 Å². The molecule has 0 bridgehead atoms. The van der Waals surface area contributed by atoms with E-state index in [0.29, 0.717) is 5.69 Å². The van der Waals surface area contributed by atoms with Gasteiger partial charge in [0.05, 0.1) is 16.4 Å². The number of nitrogens with zero attached hydrogens (tertiary/aromatic N) is 3. The van der Waals surface area contributed by atoms with Gasteiger partial charge in [0.1, 0.15) is 5.69 Å². The van der Waals surface area contributed by atoms with Crippen molar-refractivity contribution in [2.75, 3.05) is 5.32 Å². The summed E-state index contributed by atoms with van der Waals surface area (Å²) in [5.74, 6) is -0.193. The zero-order valence-electron chi connectivity index (χ0n) is 11.7. The first-order valence-electron chi connectivity index (χ1n) is 6.48. The van der Waals surface area contributed by atoms with E-state index in [1.165, 1.54) is 11.3 Å². The number of hydrogen-bond donors (Lipinski definition) is 1. The summed E-state index contributed by atoms with van der Waals surface area (Å²) in [4.78, 5) is 16.2. The maximum absolute atomic E-state index is 12.0. The van der Waals surface area contributed by atoms with Crippen LogP contribution < -0.4 is 5.32 Å². The van der Waals surface area contributed by atoms with E-state index in [0.717, 1.165) is 22.1 Å². The van der Waals surface area contributed by atoms with E-state index in [1.807, 2.05) is 50.4 Å². The second kappa shape index (κ2) is 5.49. The Morgan fingerprint density at radius 1 is 1.19 bits per heavy atom. The molecule has 3 aromatic rings. The smallest absolute Gasteiger partial charge is 0.275 e. The van der Waals surface area contributed by atoms with Crippen LogP contribution in [0.1, 0.15) is 21.2 Å². The van der Waals surface area contributed by atoms with Crippen molar-refractivity contribution in [3.05, 3.63) is 58.3 Å². The molecule has 1 aromatic carbocycles. The number of thiazole rings is 1. The van der Waals surface area contributed by atoms with Crippen LogP contribution in [0.15, 0.2) is 41.9 Å². The number of benzene rings is 1. The average Bonchev–Trinajstić information content (AvgIpc) is 3.08. The molecule has 6 heteroatoms. The van der Waals surface area contributed by atoms with Crippen LogP contribution in [0, 0.1) is 13.8 Å². The van der Waals surface area contributed by atoms with Crippen LogP contribution in [-0.2, 0) is 0 Å². The van der Waals surface area contributed by atoms with Crippen LogP contribution in [0.5, 0.6) is 0 Å². The highest BCUT2D eigenvalue weighted by Crippen LogP contribution is 2.15. The Hall–Kier alpha value is -2.47. The number of carbonyl (C=O) groups excluding carboxylic acids is 1. The lowest BCUT2D eigenvalue weighted by atomic mass is 10.2. The third-order valence-corrected chi connectivity index (χ3v) is 3.74. The van der Waals surface area contributed by atoms with Gasteiger partial charge in [-0.25, -0.2) is 9.67 Å². The molecule has 1 amide bonds. The van der Waals surface area contributed by atoms with Crippen molar-refractivity contribution in [3.8, 4) is 5.69 Å². The largest absolute Gasteiger partial charge is 0.321 e. The Bertz CT molecular complexity index is 773. The van der Waals surface area contributed by atoms with Gasteiger partial charge in [-0.2, -0.15) is 5.10 Å². The maximum atomic E-state index is 12.0. The second-order valence-corrected chi connectivity index (χ2v) is 5.72. The van der Waals surface area contributed by atoms with Gasteiger partial charge in [0.2, 0.25) is 0 Å². The average molecular weight is 298 g/mol. The van der Waals surface area contributed by atoms with Gasteiger partial charge in [0, 0.05) is 17.3 Å². The lowest BCUT2D eigenvalue weighted by molar-refractivity contribution is 0.102. The summed E-state index contributed by atoms with van der Waals surface area (Å²) in [6.07, 6.45) is 1.90. The third-order valence-electron chi connectivity index (χ3n) is 2.96. The van der Waals surface area contributed by atoms with Gasteiger partial charge in [-0.3, -0.25) is 4.79 Å². The molecule has 2 aromatic heterocycles. The first-order valence-corrected chi connectivity index (χ1v) is 7.36. The summed E-state index contributed by atoms with van der Waals surface area (Å²) < 4.78 is 1.80. The van der Waals surface area contributed by atoms with Crippen LogP contribution in [0.25, 0.3) is 5.69 Å². The molecule has 0 aliphatic heterocycles. The number of anilines is 1. The fraction of sp³-hybridized carbons (Fsp3) is 0.133. The number of aryl methyl sites for hydroxylation is 2. The predicted octanol–water partition coefficient (Wildman–Crippen LogP) is 3.20. The molecule has 0 saturated heterocycles. The van der Waals surface area contributed by atoms with Crippen molar-refractivity contribution < 1.29 is 4.79 Å². The Morgan fingerprint density at radius 3 is 2.52 bits per heavy atom. The lowest BCUT2D eigenvalue weighted by Crippen LogP contribution is -2.12. The fourth-order valence-electron chi connectivity index (χ4n) is 1.92. The van der Waals surface area contributed by atoms with Crippen molar-refractivity contribution in [2.24, 2.45) is 0 Å². The van der Waals surface area contributed by atoms with Gasteiger partial charge in [-0.15, -0.1) is 11.3 Å². The minimum atomic E-state index is -0.193. The van der Waals surface area contributed by atoms with Crippen LogP contribution in [-0.4, -0.2) is 20.7 Å². The van der Waals surface area contributed by atoms with E-state index in [-0.39, 0.29) is 5.91 Å². The van der Waals surface area contributed by atoms with Crippen molar-refractivity contribution in [1.82, 2.24) is 14.8 Å². The molecular weight excluding hydrogens is 284 g/mol. The van der Waals surface area contributed by atoms with Gasteiger partial charge in [0.25, 0.3) is 5.91 Å². The van der Waals surface area contributed by atoms with Gasteiger partial charge < -0.3 is 5.32 Å². The van der Waals surface area contributed by atoms with Crippen molar-refractivity contribution >= 4 is 22.9 Å². The zero-order chi connectivity index (χ0) is 14.8. The SMILES string of the molecule is Cc1ccn(-c2ccc(NC(=O)c3csc(C)n3)cc2)n1. The minimum absolute atomic E-state index is 0.193. The number of nitrogens with one attached hydrogen (secondary N) is 1. The molecule has 0 radical (unpaired) electrons. The Kier molecular flexibility index (Phi) is 3.53. The molecule has 0 atom stereocenters. The molecule has 0 spiro atoms. The first-order chi connectivity index (χ1) is 10.1. The molecule has 21 heavy (non-hydrogen) atoms. The molecule has 5 nitrogen and oxygen atoms in total. The zero-order valence-corrected chi connectivity index (χ0v) is 12.5. The minimum Gasteiger partial charge on any atom is -0.321 e. The van der Waals surface area contributed by atoms with Crippen molar-refractivity contribution in [1.29, 1.82) is 0 Å². The van der Waals surface area contributed by atoms with Crippen LogP contribution in [0.2, 0.25) is 0 Å². The van der Waals surface area contributed by atoms with E-state index >= 15 is 0 Å². The second-order valence-electron chi connectivity index (χ2n) is 4.65. The third kappa shape index (κ3) is 3.00. The van der Waals surface area contributed by atoms with E-state index in [9.17, 15) is 4.79 Å². The van der Waals surface area contributed by atoms with E-state index in [1.54, 1.807) is 10.1 Å². The fourth-order valence-corrected chi connectivity index (χ4v) is 2.51. The molecule has 3 rings (SSSR count). The highest BCUT2D eigenvalue weighted by molar-refractivity contribution is 7.09. The maximum Gasteiger partial charge on any atom is 0.275 e. The number of carbonyl (C=O) groups is 1. The summed E-state index contributed by atoms with van der Waals surface area (Å²) >= 11 is 1.46. The predicted molar refractivity (Wildman–Crippen MR) is 83.1 cm³/mol. The molecule has 0 aliphatic rings. The van der Waals surface area contributed by atoms with Gasteiger partial charge in [-0.05, 0) is 44.2 Å². The molecule has 1 N–H and O–H groups in total. The number of aromatic nitrogens is 3. The highest BCUT2D eigenvalue weighted by atomic mass is 32.1. The number of hydrogen-bond acceptors (Lipinski definition) is 4. The van der Waals surface area contributed by atoms with Gasteiger partial charge in [-0.1, -0.05) is 0 Å². The lowest BCUT2D eigenvalue weighted by Gasteiger charge is -2.05. The summed E-state index contributed by atoms with van der Waals surface area (Å²) in [6.45, 7) is 3.82. The Labute approximate surface area is 126 Å². The van der Waals surface area contributed by atoms with Crippen LogP contribution in [0.3, 0.4) is 0 Å². The highest BCUT2D eigenvalue weighted by Gasteiger charge is 2.09. The molecular formula is C15H14N4OS. The van der Waals surface area contributed by atoms with Crippen molar-refractivity contribution in [2.45, 2.75) is 13.8 Å². The van der Waals surface area contributed by atoms with E-state index in [2.05, 4.69) is 15.4 Å². The van der Waals surface area contributed by atoms with E-state index < -0.39 is 0 Å². The topological polar surface area (TPSA) is 59.8 Å². The quantitative estimate of drug-likeness (QED) is 0.807. The number of rotatable bonds is 3. The molecule has 0 unspecified atom stereocenters. The van der Waals surface area contributed by atoms with Gasteiger partial charge >= 0.3 is 0 Å². The molecule has 106 valence electrons. The molecule has 2 heterocycles. The van der Waals surface area contributed by atoms with Gasteiger partial charge in [0.15, 0.2) is 0 Å². The number of amides is 1. The summed E-state index contributed by atoms with van der Waals surface area (Å²) in [5, 5.41) is 9.81. The summed E-state index contributed by atoms with van der Waals surface area (Å²) in [6, 6.07) is 9.47. The van der Waals surface area contributed by atoms with Crippen LogP contribution >= 0.6 is 11.3 Å². The molecule has 0 saturated carbocycles. The summed E-state index contributed by atoms with van der Waals surface area (Å²) in [5.41, 5.74) is 3.10. The van der Waals surface area contributed by atoms with Crippen LogP contribution in [0.4, 0.5) is 5.69 Å². The molecule has 0 fully saturated rings. The first kappa shape index (κ1) is 13.5. The molecule has 0 aliphatic carbocycles. The summed E-state index contributed by atoms with van der Waals surface area (Å²) in [7, 11) is 0. The standard InChI is InChI=1S/C15H14N4OS/c1-10-7-8-19(18-10)13-5-3-12(4-6-13)17-15(20)14-9-21-11(2)16-14/h3-9H,1-2H3,(H,17,20). The normalized spacial score (nSPS) is 10.6. The Morgan fingerprint density at radius 2 is 1.95 bits per heavy atom. The van der Waals surface area contributed by atoms with Crippen molar-refractivity contribution in [3.63, 3.8) is 0 Å².